The van der Waals surface area contributed by atoms with Crippen molar-refractivity contribution in [2.75, 3.05) is 13.2 Å². The highest BCUT2D eigenvalue weighted by molar-refractivity contribution is 5.95. The predicted molar refractivity (Wildman–Crippen MR) is 90.9 cm³/mol. The molecule has 1 aromatic carbocycles. The fraction of sp³-hybridized carbons (Fsp3) is 0.389. The Labute approximate surface area is 145 Å². The van der Waals surface area contributed by atoms with Crippen LogP contribution in [0.15, 0.2) is 40.9 Å². The van der Waals surface area contributed by atoms with Gasteiger partial charge in [0.05, 0.1) is 18.7 Å². The number of amides is 2. The van der Waals surface area contributed by atoms with Crippen molar-refractivity contribution in [2.45, 2.75) is 31.9 Å². The van der Waals surface area contributed by atoms with Gasteiger partial charge in [-0.25, -0.2) is 0 Å². The number of rotatable bonds is 6. The Morgan fingerprint density at radius 2 is 2.12 bits per heavy atom. The van der Waals surface area contributed by atoms with Gasteiger partial charge in [-0.2, -0.15) is 0 Å². The van der Waals surface area contributed by atoms with E-state index in [9.17, 15) is 9.59 Å². The van der Waals surface area contributed by atoms with E-state index in [4.69, 9.17) is 9.26 Å². The standard InChI is InChI=1S/C18H21N3O4/c1-12(15-8-5-9-24-15)20-17(22)11-19-18(23)14-10-16(25-21-14)13-6-3-2-4-7-13/h2-4,6-7,10,12,15H,5,8-9,11H2,1H3,(H,19,23)(H,20,22)/t12-,15+/m1/s1. The number of hydrogen-bond donors (Lipinski definition) is 2. The molecule has 0 bridgehead atoms. The van der Waals surface area contributed by atoms with Gasteiger partial charge in [-0.3, -0.25) is 9.59 Å². The molecule has 0 radical (unpaired) electrons. The number of carbonyl (C=O) groups excluding carboxylic acids is 2. The maximum atomic E-state index is 12.1. The zero-order chi connectivity index (χ0) is 17.6. The van der Waals surface area contributed by atoms with Crippen LogP contribution in [0.1, 0.15) is 30.3 Å². The minimum absolute atomic E-state index is 0.0450. The van der Waals surface area contributed by atoms with E-state index in [0.717, 1.165) is 25.0 Å². The van der Waals surface area contributed by atoms with E-state index in [0.29, 0.717) is 5.76 Å². The molecule has 0 spiro atoms. The van der Waals surface area contributed by atoms with Crippen LogP contribution in [0.3, 0.4) is 0 Å². The number of aromatic nitrogens is 1. The van der Waals surface area contributed by atoms with Gasteiger partial charge in [0.15, 0.2) is 11.5 Å². The molecule has 132 valence electrons. The summed E-state index contributed by atoms with van der Waals surface area (Å²) >= 11 is 0. The SMILES string of the molecule is C[C@@H](NC(=O)CNC(=O)c1cc(-c2ccccc2)on1)[C@@H]1CCCO1. The van der Waals surface area contributed by atoms with Crippen molar-refractivity contribution in [3.05, 3.63) is 42.1 Å². The highest BCUT2D eigenvalue weighted by Gasteiger charge is 2.23. The second-order valence-electron chi connectivity index (χ2n) is 6.03. The first kappa shape index (κ1) is 17.2. The van der Waals surface area contributed by atoms with Crippen LogP contribution >= 0.6 is 0 Å². The Bertz CT molecular complexity index is 723. The number of ether oxygens (including phenoxy) is 1. The summed E-state index contributed by atoms with van der Waals surface area (Å²) in [5, 5.41) is 9.14. The first-order valence-corrected chi connectivity index (χ1v) is 8.35. The molecule has 1 aromatic heterocycles. The number of benzene rings is 1. The molecule has 0 aliphatic carbocycles. The smallest absolute Gasteiger partial charge is 0.273 e. The van der Waals surface area contributed by atoms with E-state index >= 15 is 0 Å². The summed E-state index contributed by atoms with van der Waals surface area (Å²) in [6.07, 6.45) is 2.00. The summed E-state index contributed by atoms with van der Waals surface area (Å²) in [6.45, 7) is 2.51. The lowest BCUT2D eigenvalue weighted by atomic mass is 10.1. The minimum atomic E-state index is -0.453. The Kier molecular flexibility index (Phi) is 5.45. The molecule has 2 amide bonds. The van der Waals surface area contributed by atoms with Crippen molar-refractivity contribution >= 4 is 11.8 Å². The van der Waals surface area contributed by atoms with Gasteiger partial charge in [0.25, 0.3) is 5.91 Å². The van der Waals surface area contributed by atoms with Gasteiger partial charge in [0.1, 0.15) is 0 Å². The number of hydrogen-bond acceptors (Lipinski definition) is 5. The van der Waals surface area contributed by atoms with Crippen molar-refractivity contribution in [1.29, 1.82) is 0 Å². The fourth-order valence-electron chi connectivity index (χ4n) is 2.77. The summed E-state index contributed by atoms with van der Waals surface area (Å²) in [7, 11) is 0. The summed E-state index contributed by atoms with van der Waals surface area (Å²) in [4.78, 5) is 24.0. The number of nitrogens with one attached hydrogen (secondary N) is 2. The van der Waals surface area contributed by atoms with Crippen LogP contribution in [-0.4, -0.2) is 42.3 Å². The lowest BCUT2D eigenvalue weighted by Gasteiger charge is -2.19. The summed E-state index contributed by atoms with van der Waals surface area (Å²) in [5.41, 5.74) is 0.969. The van der Waals surface area contributed by atoms with E-state index < -0.39 is 5.91 Å². The van der Waals surface area contributed by atoms with E-state index in [1.165, 1.54) is 0 Å². The molecule has 0 unspecified atom stereocenters. The van der Waals surface area contributed by atoms with E-state index in [2.05, 4.69) is 15.8 Å². The van der Waals surface area contributed by atoms with Gasteiger partial charge in [-0.05, 0) is 19.8 Å². The Morgan fingerprint density at radius 3 is 2.84 bits per heavy atom. The van der Waals surface area contributed by atoms with Gasteiger partial charge in [-0.1, -0.05) is 35.5 Å². The lowest BCUT2D eigenvalue weighted by molar-refractivity contribution is -0.121. The second-order valence-corrected chi connectivity index (χ2v) is 6.03. The second kappa shape index (κ2) is 7.94. The molecule has 25 heavy (non-hydrogen) atoms. The monoisotopic (exact) mass is 343 g/mol. The minimum Gasteiger partial charge on any atom is -0.376 e. The summed E-state index contributed by atoms with van der Waals surface area (Å²) < 4.78 is 10.7. The van der Waals surface area contributed by atoms with Crippen molar-refractivity contribution < 1.29 is 18.8 Å². The highest BCUT2D eigenvalue weighted by atomic mass is 16.5. The van der Waals surface area contributed by atoms with Crippen LogP contribution in [0, 0.1) is 0 Å². The maximum Gasteiger partial charge on any atom is 0.273 e. The largest absolute Gasteiger partial charge is 0.376 e. The van der Waals surface area contributed by atoms with Crippen molar-refractivity contribution in [1.82, 2.24) is 15.8 Å². The molecule has 0 saturated carbocycles. The molecular weight excluding hydrogens is 322 g/mol. The molecule has 1 saturated heterocycles. The molecule has 7 nitrogen and oxygen atoms in total. The van der Waals surface area contributed by atoms with Crippen LogP contribution in [-0.2, 0) is 9.53 Å². The molecule has 2 aromatic rings. The van der Waals surface area contributed by atoms with Crippen LogP contribution < -0.4 is 10.6 Å². The fourth-order valence-corrected chi connectivity index (χ4v) is 2.77. The van der Waals surface area contributed by atoms with Gasteiger partial charge >= 0.3 is 0 Å². The van der Waals surface area contributed by atoms with Gasteiger partial charge in [0.2, 0.25) is 5.91 Å². The van der Waals surface area contributed by atoms with Gasteiger partial charge in [0, 0.05) is 18.2 Å². The average Bonchev–Trinajstić information content (AvgIpc) is 3.32. The Morgan fingerprint density at radius 1 is 1.32 bits per heavy atom. The first-order valence-electron chi connectivity index (χ1n) is 8.35. The lowest BCUT2D eigenvalue weighted by Crippen LogP contribution is -2.45. The number of nitrogens with zero attached hydrogens (tertiary/aromatic N) is 1. The Balaban J connectivity index is 1.49. The molecule has 2 N–H and O–H groups in total. The normalized spacial score (nSPS) is 17.9. The number of carbonyl (C=O) groups is 2. The third-order valence-electron chi connectivity index (χ3n) is 4.12. The van der Waals surface area contributed by atoms with Crippen LogP contribution in [0.5, 0.6) is 0 Å². The van der Waals surface area contributed by atoms with Crippen LogP contribution in [0.4, 0.5) is 0 Å². The first-order chi connectivity index (χ1) is 12.1. The molecule has 2 atom stereocenters. The van der Waals surface area contributed by atoms with E-state index in [1.807, 2.05) is 37.3 Å². The third kappa shape index (κ3) is 4.45. The zero-order valence-electron chi connectivity index (χ0n) is 14.0. The van der Waals surface area contributed by atoms with Crippen molar-refractivity contribution in [2.24, 2.45) is 0 Å². The van der Waals surface area contributed by atoms with E-state index in [1.54, 1.807) is 6.07 Å². The van der Waals surface area contributed by atoms with Crippen LogP contribution in [0.25, 0.3) is 11.3 Å². The molecular formula is C18H21N3O4. The zero-order valence-corrected chi connectivity index (χ0v) is 14.0. The Hall–Kier alpha value is -2.67. The average molecular weight is 343 g/mol. The molecule has 1 fully saturated rings. The molecule has 1 aliphatic rings. The van der Waals surface area contributed by atoms with Gasteiger partial charge in [-0.15, -0.1) is 0 Å². The van der Waals surface area contributed by atoms with Gasteiger partial charge < -0.3 is 19.9 Å². The summed E-state index contributed by atoms with van der Waals surface area (Å²) in [6, 6.07) is 10.8. The molecule has 1 aliphatic heterocycles. The summed E-state index contributed by atoms with van der Waals surface area (Å²) in [5.74, 6) is -0.212. The van der Waals surface area contributed by atoms with Crippen molar-refractivity contribution in [3.8, 4) is 11.3 Å². The van der Waals surface area contributed by atoms with E-state index in [-0.39, 0.29) is 30.3 Å². The topological polar surface area (TPSA) is 93.5 Å². The predicted octanol–water partition coefficient (Wildman–Crippen LogP) is 1.76. The third-order valence-corrected chi connectivity index (χ3v) is 4.12. The molecule has 3 rings (SSSR count). The molecule has 7 heteroatoms. The van der Waals surface area contributed by atoms with Crippen LogP contribution in [0.2, 0.25) is 0 Å². The maximum absolute atomic E-state index is 12.1. The molecule has 2 heterocycles. The highest BCUT2D eigenvalue weighted by Crippen LogP contribution is 2.19. The van der Waals surface area contributed by atoms with Crippen molar-refractivity contribution in [3.63, 3.8) is 0 Å². The quantitative estimate of drug-likeness (QED) is 0.833.